The van der Waals surface area contributed by atoms with Gasteiger partial charge in [-0.1, -0.05) is 0 Å². The Kier molecular flexibility index (Phi) is 6.45. The van der Waals surface area contributed by atoms with Gasteiger partial charge in [-0.25, -0.2) is 8.99 Å². The first-order valence-corrected chi connectivity index (χ1v) is 10.1. The number of ether oxygens (including phenoxy) is 1. The summed E-state index contributed by atoms with van der Waals surface area (Å²) < 4.78 is 91.7. The first kappa shape index (κ1) is 23.2. The van der Waals surface area contributed by atoms with Crippen LogP contribution < -0.4 is 0 Å². The smallest absolute Gasteiger partial charge is 0.379 e. The summed E-state index contributed by atoms with van der Waals surface area (Å²) in [6, 6.07) is 4.59. The van der Waals surface area contributed by atoms with Crippen molar-refractivity contribution in [3.05, 3.63) is 40.6 Å². The second-order valence-corrected chi connectivity index (χ2v) is 8.40. The highest BCUT2D eigenvalue weighted by Gasteiger charge is 2.40. The fraction of sp³-hybridized carbons (Fsp3) is 0.444. The van der Waals surface area contributed by atoms with Crippen molar-refractivity contribution in [3.8, 4) is 11.8 Å². The van der Waals surface area contributed by atoms with Crippen molar-refractivity contribution in [3.63, 3.8) is 0 Å². The van der Waals surface area contributed by atoms with Crippen LogP contribution in [0.3, 0.4) is 0 Å². The number of halogens is 6. The molecular formula is C18H17F6N5OS. The van der Waals surface area contributed by atoms with Gasteiger partial charge in [0, 0.05) is 19.2 Å². The number of nitrogens with zero attached hydrogens (tertiary/aromatic N) is 5. The highest BCUT2D eigenvalue weighted by atomic mass is 32.2. The highest BCUT2D eigenvalue weighted by Crippen LogP contribution is 2.35. The lowest BCUT2D eigenvalue weighted by Crippen LogP contribution is -2.42. The molecule has 0 radical (unpaired) electrons. The highest BCUT2D eigenvalue weighted by molar-refractivity contribution is 7.86. The largest absolute Gasteiger partial charge is 0.466 e. The minimum Gasteiger partial charge on any atom is -0.379 e. The number of aromatic nitrogens is 2. The Morgan fingerprint density at radius 2 is 1.65 bits per heavy atom. The maximum atomic E-state index is 13.8. The SMILES string of the molecule is Cc1cc(C(F)(F)F)cc(C)c1-n1nc(C#N)cc1/N=S(/N1CCOCC1)C(F)(F)F. The van der Waals surface area contributed by atoms with E-state index in [9.17, 15) is 31.6 Å². The van der Waals surface area contributed by atoms with Crippen LogP contribution in [-0.4, -0.2) is 45.9 Å². The van der Waals surface area contributed by atoms with Gasteiger partial charge in [-0.2, -0.15) is 41.1 Å². The maximum absolute atomic E-state index is 13.8. The van der Waals surface area contributed by atoms with E-state index < -0.39 is 28.1 Å². The van der Waals surface area contributed by atoms with Gasteiger partial charge in [0.15, 0.2) is 11.5 Å². The molecule has 1 fully saturated rings. The number of hydrogen-bond donors (Lipinski definition) is 0. The number of alkyl halides is 6. The lowest BCUT2D eigenvalue weighted by molar-refractivity contribution is -0.137. The summed E-state index contributed by atoms with van der Waals surface area (Å²) in [7, 11) is -2.56. The van der Waals surface area contributed by atoms with Crippen molar-refractivity contribution in [2.24, 2.45) is 4.36 Å². The van der Waals surface area contributed by atoms with Gasteiger partial charge in [0.2, 0.25) is 0 Å². The molecule has 0 amide bonds. The third kappa shape index (κ3) is 5.08. The van der Waals surface area contributed by atoms with Crippen molar-refractivity contribution < 1.29 is 31.1 Å². The van der Waals surface area contributed by atoms with Crippen LogP contribution >= 0.6 is 0 Å². The van der Waals surface area contributed by atoms with E-state index in [2.05, 4.69) is 9.46 Å². The quantitative estimate of drug-likeness (QED) is 0.623. The second-order valence-electron chi connectivity index (χ2n) is 6.71. The van der Waals surface area contributed by atoms with Gasteiger partial charge in [0.25, 0.3) is 0 Å². The first-order valence-electron chi connectivity index (χ1n) is 8.96. The molecule has 2 aromatic rings. The fourth-order valence-electron chi connectivity index (χ4n) is 3.17. The summed E-state index contributed by atoms with van der Waals surface area (Å²) in [4.78, 5) is 0. The van der Waals surface area contributed by atoms with Crippen LogP contribution in [0.1, 0.15) is 22.4 Å². The molecule has 2 heterocycles. The van der Waals surface area contributed by atoms with Crippen molar-refractivity contribution in [2.45, 2.75) is 25.5 Å². The lowest BCUT2D eigenvalue weighted by Gasteiger charge is -2.29. The van der Waals surface area contributed by atoms with Gasteiger partial charge in [0.05, 0.1) is 35.3 Å². The summed E-state index contributed by atoms with van der Waals surface area (Å²) in [5.74, 6) is -0.269. The van der Waals surface area contributed by atoms with Crippen LogP contribution in [0.25, 0.3) is 5.69 Å². The topological polar surface area (TPSA) is 66.4 Å². The molecule has 13 heteroatoms. The third-order valence-electron chi connectivity index (χ3n) is 4.44. The van der Waals surface area contributed by atoms with Crippen molar-refractivity contribution >= 4 is 16.7 Å². The van der Waals surface area contributed by atoms with Gasteiger partial charge in [-0.15, -0.1) is 0 Å². The fourth-order valence-corrected chi connectivity index (χ4v) is 4.49. The van der Waals surface area contributed by atoms with Gasteiger partial charge in [-0.3, -0.25) is 0 Å². The number of morpholine rings is 1. The van der Waals surface area contributed by atoms with E-state index >= 15 is 0 Å². The molecule has 1 saturated heterocycles. The Labute approximate surface area is 176 Å². The molecule has 168 valence electrons. The van der Waals surface area contributed by atoms with Crippen LogP contribution in [0.4, 0.5) is 32.2 Å². The molecule has 1 aromatic carbocycles. The van der Waals surface area contributed by atoms with Crippen LogP contribution in [0, 0.1) is 25.2 Å². The predicted molar refractivity (Wildman–Crippen MR) is 101 cm³/mol. The molecule has 0 N–H and O–H groups in total. The minimum absolute atomic E-state index is 0.0176. The Hall–Kier alpha value is -2.43. The first-order chi connectivity index (χ1) is 14.4. The second kappa shape index (κ2) is 8.60. The molecule has 31 heavy (non-hydrogen) atoms. The molecule has 0 spiro atoms. The summed E-state index contributed by atoms with van der Waals surface area (Å²) in [5.41, 5.74) is -5.38. The molecular weight excluding hydrogens is 448 g/mol. The maximum Gasteiger partial charge on any atom is 0.466 e. The normalized spacial score (nSPS) is 17.0. The Morgan fingerprint density at radius 3 is 2.13 bits per heavy atom. The minimum atomic E-state index is -4.69. The van der Waals surface area contributed by atoms with Gasteiger partial charge < -0.3 is 4.74 Å². The van der Waals surface area contributed by atoms with E-state index in [1.807, 2.05) is 0 Å². The molecule has 3 rings (SSSR count). The van der Waals surface area contributed by atoms with E-state index in [0.717, 1.165) is 27.2 Å². The van der Waals surface area contributed by atoms with Crippen molar-refractivity contribution in [1.29, 1.82) is 5.26 Å². The number of aryl methyl sites for hydroxylation is 2. The molecule has 0 saturated carbocycles. The lowest BCUT2D eigenvalue weighted by atomic mass is 10.0. The van der Waals surface area contributed by atoms with E-state index in [1.54, 1.807) is 6.07 Å². The zero-order chi connectivity index (χ0) is 23.0. The van der Waals surface area contributed by atoms with Crippen LogP contribution in [-0.2, 0) is 21.8 Å². The molecule has 1 aromatic heterocycles. The monoisotopic (exact) mass is 465 g/mol. The molecule has 1 unspecified atom stereocenters. The Morgan fingerprint density at radius 1 is 1.06 bits per heavy atom. The average molecular weight is 465 g/mol. The Balaban J connectivity index is 2.18. The number of rotatable bonds is 3. The summed E-state index contributed by atoms with van der Waals surface area (Å²) >= 11 is 0. The van der Waals surface area contributed by atoms with Crippen molar-refractivity contribution in [1.82, 2.24) is 14.1 Å². The van der Waals surface area contributed by atoms with Crippen molar-refractivity contribution in [2.75, 3.05) is 26.3 Å². The standard InChI is InChI=1S/C18H17F6N5OS/c1-11-7-13(17(19,20)21)8-12(2)16(11)29-15(9-14(10-25)26-29)27-31(18(22,23)24)28-3-5-30-6-4-28/h7-9H,3-6H2,1-2H3. The van der Waals surface area contributed by atoms with E-state index in [-0.39, 0.29) is 54.6 Å². The van der Waals surface area contributed by atoms with Gasteiger partial charge in [0.1, 0.15) is 6.07 Å². The van der Waals surface area contributed by atoms with Crippen LogP contribution in [0.15, 0.2) is 22.6 Å². The van der Waals surface area contributed by atoms with E-state index in [0.29, 0.717) is 0 Å². The zero-order valence-corrected chi connectivity index (χ0v) is 17.2. The summed E-state index contributed by atoms with van der Waals surface area (Å²) in [5, 5.41) is 13.2. The Bertz CT molecular complexity index is 1020. The predicted octanol–water partition coefficient (Wildman–Crippen LogP) is 4.58. The van der Waals surface area contributed by atoms with Gasteiger partial charge in [-0.05, 0) is 37.1 Å². The molecule has 6 nitrogen and oxygen atoms in total. The van der Waals surface area contributed by atoms with Gasteiger partial charge >= 0.3 is 11.7 Å². The van der Waals surface area contributed by atoms with E-state index in [4.69, 9.17) is 4.74 Å². The zero-order valence-electron chi connectivity index (χ0n) is 16.4. The molecule has 1 aliphatic heterocycles. The number of benzene rings is 1. The summed E-state index contributed by atoms with van der Waals surface area (Å²) in [6.07, 6.45) is -4.58. The molecule has 1 atom stereocenters. The average Bonchev–Trinajstić information content (AvgIpc) is 3.07. The number of nitriles is 1. The van der Waals surface area contributed by atoms with Crippen LogP contribution in [0.2, 0.25) is 0 Å². The molecule has 0 aliphatic carbocycles. The van der Waals surface area contributed by atoms with E-state index in [1.165, 1.54) is 13.8 Å². The van der Waals surface area contributed by atoms with Crippen LogP contribution in [0.5, 0.6) is 0 Å². The molecule has 0 bridgehead atoms. The summed E-state index contributed by atoms with van der Waals surface area (Å²) in [6.45, 7) is 3.05. The molecule has 1 aliphatic rings. The number of hydrogen-bond acceptors (Lipinski definition) is 4. The third-order valence-corrected chi connectivity index (χ3v) is 6.07.